The summed E-state index contributed by atoms with van der Waals surface area (Å²) in [5.41, 5.74) is 1.10. The van der Waals surface area contributed by atoms with Crippen molar-refractivity contribution in [1.29, 1.82) is 0 Å². The van der Waals surface area contributed by atoms with Crippen molar-refractivity contribution in [1.82, 2.24) is 5.32 Å². The normalized spacial score (nSPS) is 13.6. The second-order valence-corrected chi connectivity index (χ2v) is 8.21. The summed E-state index contributed by atoms with van der Waals surface area (Å²) in [4.78, 5) is 0. The van der Waals surface area contributed by atoms with Gasteiger partial charge in [-0.2, -0.15) is 11.8 Å². The van der Waals surface area contributed by atoms with Gasteiger partial charge in [-0.15, -0.1) is 0 Å². The third-order valence-corrected chi connectivity index (χ3v) is 4.88. The number of thioether (sulfide) groups is 1. The van der Waals surface area contributed by atoms with E-state index in [0.29, 0.717) is 10.0 Å². The van der Waals surface area contributed by atoms with Crippen LogP contribution in [0.3, 0.4) is 0 Å². The molecule has 0 saturated heterocycles. The zero-order chi connectivity index (χ0) is 14.5. The molecule has 0 aromatic heterocycles. The van der Waals surface area contributed by atoms with E-state index in [9.17, 15) is 0 Å². The Morgan fingerprint density at radius 2 is 1.95 bits per heavy atom. The lowest BCUT2D eigenvalue weighted by Crippen LogP contribution is -2.26. The Morgan fingerprint density at radius 1 is 1.26 bits per heavy atom. The van der Waals surface area contributed by atoms with E-state index in [1.807, 2.05) is 23.9 Å². The summed E-state index contributed by atoms with van der Waals surface area (Å²) in [7, 11) is 0. The number of hydrogen-bond acceptors (Lipinski definition) is 2. The van der Waals surface area contributed by atoms with Crippen LogP contribution in [0.15, 0.2) is 18.2 Å². The second kappa shape index (κ2) is 7.78. The summed E-state index contributed by atoms with van der Waals surface area (Å²) >= 11 is 14.4. The van der Waals surface area contributed by atoms with Crippen LogP contribution in [0.2, 0.25) is 10.0 Å². The first-order chi connectivity index (χ1) is 8.85. The first kappa shape index (κ1) is 17.2. The molecule has 1 atom stereocenters. The summed E-state index contributed by atoms with van der Waals surface area (Å²) < 4.78 is 0.247. The van der Waals surface area contributed by atoms with E-state index in [4.69, 9.17) is 23.2 Å². The number of benzene rings is 1. The molecule has 0 radical (unpaired) electrons. The highest BCUT2D eigenvalue weighted by Gasteiger charge is 2.19. The molecule has 0 fully saturated rings. The van der Waals surface area contributed by atoms with Gasteiger partial charge in [-0.25, -0.2) is 0 Å². The Labute approximate surface area is 131 Å². The maximum absolute atomic E-state index is 6.34. The van der Waals surface area contributed by atoms with E-state index in [2.05, 4.69) is 39.1 Å². The van der Waals surface area contributed by atoms with Gasteiger partial charge in [0.1, 0.15) is 0 Å². The highest BCUT2D eigenvalue weighted by atomic mass is 35.5. The van der Waals surface area contributed by atoms with E-state index in [0.717, 1.165) is 24.3 Å². The van der Waals surface area contributed by atoms with Crippen LogP contribution in [0.5, 0.6) is 0 Å². The third kappa shape index (κ3) is 5.95. The second-order valence-electron chi connectivity index (χ2n) is 5.57. The minimum Gasteiger partial charge on any atom is -0.309 e. The largest absolute Gasteiger partial charge is 0.309 e. The summed E-state index contributed by atoms with van der Waals surface area (Å²) in [5, 5.41) is 4.86. The monoisotopic (exact) mass is 319 g/mol. The molecule has 1 nitrogen and oxygen atoms in total. The molecule has 0 aliphatic heterocycles. The molecular weight excluding hydrogens is 297 g/mol. The van der Waals surface area contributed by atoms with E-state index >= 15 is 0 Å². The molecule has 1 unspecified atom stereocenters. The molecule has 4 heteroatoms. The highest BCUT2D eigenvalue weighted by Crippen LogP contribution is 2.34. The lowest BCUT2D eigenvalue weighted by atomic mass is 10.1. The molecular formula is C15H23Cl2NS. The Morgan fingerprint density at radius 3 is 2.53 bits per heavy atom. The van der Waals surface area contributed by atoms with Crippen LogP contribution in [0.25, 0.3) is 0 Å². The molecule has 0 aliphatic carbocycles. The van der Waals surface area contributed by atoms with Gasteiger partial charge in [-0.05, 0) is 24.6 Å². The van der Waals surface area contributed by atoms with Crippen molar-refractivity contribution in [2.75, 3.05) is 12.3 Å². The zero-order valence-corrected chi connectivity index (χ0v) is 14.4. The molecule has 1 aromatic carbocycles. The SMILES string of the molecule is CCCNC(CSC(C)(C)C)c1cccc(Cl)c1Cl. The summed E-state index contributed by atoms with van der Waals surface area (Å²) in [6.45, 7) is 9.84. The predicted octanol–water partition coefficient (Wildman–Crippen LogP) is 5.57. The maximum Gasteiger partial charge on any atom is 0.0640 e. The van der Waals surface area contributed by atoms with Crippen LogP contribution in [0.1, 0.15) is 45.7 Å². The van der Waals surface area contributed by atoms with Crippen molar-refractivity contribution >= 4 is 35.0 Å². The van der Waals surface area contributed by atoms with Gasteiger partial charge < -0.3 is 5.32 Å². The van der Waals surface area contributed by atoms with Gasteiger partial charge in [0.25, 0.3) is 0 Å². The van der Waals surface area contributed by atoms with Crippen LogP contribution in [0.4, 0.5) is 0 Å². The van der Waals surface area contributed by atoms with Crippen LogP contribution in [-0.2, 0) is 0 Å². The number of nitrogens with one attached hydrogen (secondary N) is 1. The van der Waals surface area contributed by atoms with Crippen LogP contribution in [0, 0.1) is 0 Å². The average molecular weight is 320 g/mol. The Bertz CT molecular complexity index is 402. The van der Waals surface area contributed by atoms with E-state index < -0.39 is 0 Å². The highest BCUT2D eigenvalue weighted by molar-refractivity contribution is 8.00. The molecule has 0 aliphatic rings. The molecule has 0 heterocycles. The van der Waals surface area contributed by atoms with Gasteiger partial charge in [0.15, 0.2) is 0 Å². The van der Waals surface area contributed by atoms with Crippen LogP contribution < -0.4 is 5.32 Å². The van der Waals surface area contributed by atoms with Crippen molar-refractivity contribution in [3.05, 3.63) is 33.8 Å². The average Bonchev–Trinajstić information content (AvgIpc) is 2.32. The Kier molecular flexibility index (Phi) is 7.02. The maximum atomic E-state index is 6.34. The molecule has 0 saturated carbocycles. The summed E-state index contributed by atoms with van der Waals surface area (Å²) in [6, 6.07) is 6.10. The van der Waals surface area contributed by atoms with Crippen molar-refractivity contribution in [3.8, 4) is 0 Å². The molecule has 1 N–H and O–H groups in total. The fraction of sp³-hybridized carbons (Fsp3) is 0.600. The smallest absolute Gasteiger partial charge is 0.0640 e. The Balaban J connectivity index is 2.86. The number of halogens is 2. The third-order valence-electron chi connectivity index (χ3n) is 2.68. The molecule has 0 bridgehead atoms. The molecule has 1 rings (SSSR count). The molecule has 108 valence electrons. The fourth-order valence-corrected chi connectivity index (χ4v) is 3.10. The van der Waals surface area contributed by atoms with Crippen molar-refractivity contribution < 1.29 is 0 Å². The van der Waals surface area contributed by atoms with Gasteiger partial charge in [0.2, 0.25) is 0 Å². The quantitative estimate of drug-likeness (QED) is 0.736. The van der Waals surface area contributed by atoms with Crippen molar-refractivity contribution in [2.24, 2.45) is 0 Å². The van der Waals surface area contributed by atoms with Gasteiger partial charge >= 0.3 is 0 Å². The summed E-state index contributed by atoms with van der Waals surface area (Å²) in [6.07, 6.45) is 1.11. The molecule has 1 aromatic rings. The lowest BCUT2D eigenvalue weighted by Gasteiger charge is -2.25. The number of hydrogen-bond donors (Lipinski definition) is 1. The van der Waals surface area contributed by atoms with E-state index in [1.54, 1.807) is 0 Å². The first-order valence-corrected chi connectivity index (χ1v) is 8.40. The van der Waals surface area contributed by atoms with Gasteiger partial charge in [0, 0.05) is 16.5 Å². The van der Waals surface area contributed by atoms with Crippen LogP contribution in [-0.4, -0.2) is 17.0 Å². The van der Waals surface area contributed by atoms with Crippen molar-refractivity contribution in [3.63, 3.8) is 0 Å². The van der Waals surface area contributed by atoms with E-state index in [-0.39, 0.29) is 10.8 Å². The van der Waals surface area contributed by atoms with Crippen LogP contribution >= 0.6 is 35.0 Å². The molecule has 0 spiro atoms. The predicted molar refractivity (Wildman–Crippen MR) is 89.7 cm³/mol. The topological polar surface area (TPSA) is 12.0 Å². The lowest BCUT2D eigenvalue weighted by molar-refractivity contribution is 0.575. The summed E-state index contributed by atoms with van der Waals surface area (Å²) in [5.74, 6) is 0.990. The van der Waals surface area contributed by atoms with Crippen molar-refractivity contribution in [2.45, 2.75) is 44.9 Å². The Hall–Kier alpha value is 0.110. The number of rotatable bonds is 6. The fourth-order valence-electron chi connectivity index (χ4n) is 1.70. The van der Waals surface area contributed by atoms with Gasteiger partial charge in [0.05, 0.1) is 10.0 Å². The zero-order valence-electron chi connectivity index (χ0n) is 12.1. The minimum atomic E-state index is 0.246. The molecule has 0 amide bonds. The van der Waals surface area contributed by atoms with Gasteiger partial charge in [-0.3, -0.25) is 0 Å². The standard InChI is InChI=1S/C15H23Cl2NS/c1-5-9-18-13(10-19-15(2,3)4)11-7-6-8-12(16)14(11)17/h6-8,13,18H,5,9-10H2,1-4H3. The first-order valence-electron chi connectivity index (χ1n) is 6.66. The molecule has 19 heavy (non-hydrogen) atoms. The van der Waals surface area contributed by atoms with Gasteiger partial charge in [-0.1, -0.05) is 63.0 Å². The van der Waals surface area contributed by atoms with E-state index in [1.165, 1.54) is 0 Å². The minimum absolute atomic E-state index is 0.246.